The number of nitrogen functional groups attached to an aromatic ring is 1. The predicted octanol–water partition coefficient (Wildman–Crippen LogP) is 2.97. The van der Waals surface area contributed by atoms with Crippen LogP contribution in [0.25, 0.3) is 10.8 Å². The van der Waals surface area contributed by atoms with Crippen LogP contribution >= 0.6 is 0 Å². The van der Waals surface area contributed by atoms with Crippen LogP contribution in [0.15, 0.2) is 24.4 Å². The van der Waals surface area contributed by atoms with Gasteiger partial charge in [0.05, 0.1) is 0 Å². The highest BCUT2D eigenvalue weighted by Gasteiger charge is 2.10. The molecule has 1 aromatic heterocycles. The van der Waals surface area contributed by atoms with Crippen LogP contribution in [0.2, 0.25) is 0 Å². The highest BCUT2D eigenvalue weighted by Crippen LogP contribution is 2.30. The summed E-state index contributed by atoms with van der Waals surface area (Å²) >= 11 is 0. The molecule has 0 radical (unpaired) electrons. The van der Waals surface area contributed by atoms with E-state index in [-0.39, 0.29) is 0 Å². The lowest BCUT2D eigenvalue weighted by molar-refractivity contribution is 0.852. The topological polar surface area (TPSA) is 42.2 Å². The van der Waals surface area contributed by atoms with Crippen LogP contribution in [0, 0.1) is 6.92 Å². The maximum absolute atomic E-state index is 6.12. The van der Waals surface area contributed by atoms with Gasteiger partial charge in [-0.3, -0.25) is 0 Å². The van der Waals surface area contributed by atoms with E-state index in [9.17, 15) is 0 Å². The molecule has 2 N–H and O–H groups in total. The summed E-state index contributed by atoms with van der Waals surface area (Å²) in [6, 6.07) is 6.17. The molecule has 0 atom stereocenters. The smallest absolute Gasteiger partial charge is 0.136 e. The van der Waals surface area contributed by atoms with Gasteiger partial charge in [0.25, 0.3) is 0 Å². The largest absolute Gasteiger partial charge is 0.398 e. The summed E-state index contributed by atoms with van der Waals surface area (Å²) in [4.78, 5) is 6.74. The lowest BCUT2D eigenvalue weighted by atomic mass is 10.1. The van der Waals surface area contributed by atoms with Gasteiger partial charge in [0.2, 0.25) is 0 Å². The van der Waals surface area contributed by atoms with E-state index in [0.717, 1.165) is 40.9 Å². The molecule has 0 aliphatic carbocycles. The molecule has 0 aliphatic rings. The Morgan fingerprint density at radius 2 is 1.82 bits per heavy atom. The van der Waals surface area contributed by atoms with Crippen LogP contribution in [-0.2, 0) is 0 Å². The Morgan fingerprint density at radius 1 is 1.12 bits per heavy atom. The Bertz CT molecular complexity index is 530. The standard InChI is InChI=1S/C14H19N3/c1-4-17(5-2)14-12-7-6-10(3)13(15)11(12)8-9-16-14/h6-9H,4-5,15H2,1-3H3. The fraction of sp³-hybridized carbons (Fsp3) is 0.357. The number of hydrogen-bond acceptors (Lipinski definition) is 3. The number of hydrogen-bond donors (Lipinski definition) is 1. The number of anilines is 2. The van der Waals surface area contributed by atoms with E-state index in [1.165, 1.54) is 0 Å². The van der Waals surface area contributed by atoms with E-state index in [4.69, 9.17) is 5.73 Å². The first-order valence-electron chi connectivity index (χ1n) is 6.07. The molecule has 3 nitrogen and oxygen atoms in total. The summed E-state index contributed by atoms with van der Waals surface area (Å²) in [6.45, 7) is 8.22. The number of aryl methyl sites for hydroxylation is 1. The lowest BCUT2D eigenvalue weighted by Gasteiger charge is -2.21. The van der Waals surface area contributed by atoms with Gasteiger partial charge in [0.15, 0.2) is 0 Å². The van der Waals surface area contributed by atoms with Crippen molar-refractivity contribution in [3.8, 4) is 0 Å². The highest BCUT2D eigenvalue weighted by atomic mass is 15.2. The number of pyridine rings is 1. The fourth-order valence-corrected chi connectivity index (χ4v) is 2.15. The molecule has 0 saturated carbocycles. The molecule has 0 saturated heterocycles. The maximum Gasteiger partial charge on any atom is 0.136 e. The zero-order valence-corrected chi connectivity index (χ0v) is 10.7. The minimum atomic E-state index is 0.860. The molecule has 0 unspecified atom stereocenters. The average molecular weight is 229 g/mol. The molecule has 0 amide bonds. The molecule has 0 fully saturated rings. The van der Waals surface area contributed by atoms with Gasteiger partial charge in [0.1, 0.15) is 5.82 Å². The third kappa shape index (κ3) is 1.93. The fourth-order valence-electron chi connectivity index (χ4n) is 2.15. The Kier molecular flexibility index (Phi) is 3.18. The SMILES string of the molecule is CCN(CC)c1nccc2c(N)c(C)ccc12. The third-order valence-electron chi connectivity index (χ3n) is 3.25. The Morgan fingerprint density at radius 3 is 2.47 bits per heavy atom. The van der Waals surface area contributed by atoms with Gasteiger partial charge in [0, 0.05) is 35.7 Å². The van der Waals surface area contributed by atoms with Gasteiger partial charge in [-0.2, -0.15) is 0 Å². The van der Waals surface area contributed by atoms with Crippen LogP contribution in [-0.4, -0.2) is 18.1 Å². The van der Waals surface area contributed by atoms with Crippen LogP contribution in [0.5, 0.6) is 0 Å². The number of benzene rings is 1. The molecule has 2 rings (SSSR count). The van der Waals surface area contributed by atoms with Crippen LogP contribution in [0.3, 0.4) is 0 Å². The number of rotatable bonds is 3. The number of aromatic nitrogens is 1. The highest BCUT2D eigenvalue weighted by molar-refractivity contribution is 6.00. The van der Waals surface area contributed by atoms with Gasteiger partial charge < -0.3 is 10.6 Å². The van der Waals surface area contributed by atoms with Crippen molar-refractivity contribution in [2.75, 3.05) is 23.7 Å². The molecule has 0 bridgehead atoms. The van der Waals surface area contributed by atoms with E-state index in [2.05, 4.69) is 35.9 Å². The predicted molar refractivity (Wildman–Crippen MR) is 74.5 cm³/mol. The van der Waals surface area contributed by atoms with E-state index in [1.807, 2.05) is 19.2 Å². The van der Waals surface area contributed by atoms with Crippen molar-refractivity contribution < 1.29 is 0 Å². The minimum Gasteiger partial charge on any atom is -0.398 e. The maximum atomic E-state index is 6.12. The number of nitrogens with zero attached hydrogens (tertiary/aromatic N) is 2. The third-order valence-corrected chi connectivity index (χ3v) is 3.25. The Balaban J connectivity index is 2.70. The summed E-state index contributed by atoms with van der Waals surface area (Å²) in [5.41, 5.74) is 8.10. The first kappa shape index (κ1) is 11.7. The Labute approximate surface area is 102 Å². The van der Waals surface area contributed by atoms with Crippen LogP contribution in [0.1, 0.15) is 19.4 Å². The zero-order chi connectivity index (χ0) is 12.4. The van der Waals surface area contributed by atoms with Gasteiger partial charge in [-0.15, -0.1) is 0 Å². The molecule has 90 valence electrons. The monoisotopic (exact) mass is 229 g/mol. The average Bonchev–Trinajstić information content (AvgIpc) is 2.36. The van der Waals surface area contributed by atoms with Gasteiger partial charge in [-0.25, -0.2) is 4.98 Å². The van der Waals surface area contributed by atoms with Crippen LogP contribution in [0.4, 0.5) is 11.5 Å². The molecule has 17 heavy (non-hydrogen) atoms. The van der Waals surface area contributed by atoms with E-state index >= 15 is 0 Å². The van der Waals surface area contributed by atoms with E-state index in [0.29, 0.717) is 0 Å². The van der Waals surface area contributed by atoms with Gasteiger partial charge in [-0.1, -0.05) is 12.1 Å². The molecule has 3 heteroatoms. The second-order valence-electron chi connectivity index (χ2n) is 4.20. The molecular weight excluding hydrogens is 210 g/mol. The summed E-state index contributed by atoms with van der Waals surface area (Å²) in [6.07, 6.45) is 1.84. The molecule has 0 spiro atoms. The second kappa shape index (κ2) is 4.62. The minimum absolute atomic E-state index is 0.860. The van der Waals surface area contributed by atoms with Crippen LogP contribution < -0.4 is 10.6 Å². The first-order chi connectivity index (χ1) is 8.19. The van der Waals surface area contributed by atoms with Gasteiger partial charge in [-0.05, 0) is 32.4 Å². The first-order valence-corrected chi connectivity index (χ1v) is 6.07. The quantitative estimate of drug-likeness (QED) is 0.823. The normalized spacial score (nSPS) is 10.8. The zero-order valence-electron chi connectivity index (χ0n) is 10.7. The van der Waals surface area contributed by atoms with Crippen molar-refractivity contribution in [3.05, 3.63) is 30.0 Å². The molecule has 1 aromatic carbocycles. The summed E-state index contributed by atoms with van der Waals surface area (Å²) in [5, 5.41) is 2.24. The van der Waals surface area contributed by atoms with Crippen molar-refractivity contribution in [3.63, 3.8) is 0 Å². The number of nitrogens with two attached hydrogens (primary N) is 1. The van der Waals surface area contributed by atoms with Crippen molar-refractivity contribution in [2.45, 2.75) is 20.8 Å². The summed E-state index contributed by atoms with van der Waals surface area (Å²) < 4.78 is 0. The van der Waals surface area contributed by atoms with Crippen molar-refractivity contribution in [2.24, 2.45) is 0 Å². The Hall–Kier alpha value is -1.77. The molecule has 0 aliphatic heterocycles. The van der Waals surface area contributed by atoms with Crippen molar-refractivity contribution >= 4 is 22.3 Å². The van der Waals surface area contributed by atoms with Gasteiger partial charge >= 0.3 is 0 Å². The van der Waals surface area contributed by atoms with Crippen molar-refractivity contribution in [1.82, 2.24) is 4.98 Å². The molecule has 1 heterocycles. The van der Waals surface area contributed by atoms with E-state index in [1.54, 1.807) is 0 Å². The lowest BCUT2D eigenvalue weighted by Crippen LogP contribution is -2.23. The summed E-state index contributed by atoms with van der Waals surface area (Å²) in [5.74, 6) is 1.03. The molecule has 2 aromatic rings. The molecular formula is C14H19N3. The second-order valence-corrected chi connectivity index (χ2v) is 4.20. The van der Waals surface area contributed by atoms with Crippen molar-refractivity contribution in [1.29, 1.82) is 0 Å². The summed E-state index contributed by atoms with van der Waals surface area (Å²) in [7, 11) is 0. The van der Waals surface area contributed by atoms with E-state index < -0.39 is 0 Å². The number of fused-ring (bicyclic) bond motifs is 1.